The molecule has 0 aliphatic heterocycles. The monoisotopic (exact) mass is 1570 g/mol. The fraction of sp³-hybridized carbons (Fsp3) is 0.0877. The summed E-state index contributed by atoms with van der Waals surface area (Å²) < 4.78 is 27.3. The fourth-order valence-electron chi connectivity index (χ4n) is 19.4. The molecule has 0 aliphatic rings. The zero-order chi connectivity index (χ0) is 82.0. The molecule has 0 bridgehead atoms. The van der Waals surface area contributed by atoms with Crippen molar-refractivity contribution in [3.63, 3.8) is 0 Å². The Morgan fingerprint density at radius 3 is 0.730 bits per heavy atom. The zero-order valence-corrected chi connectivity index (χ0v) is 69.1. The topological polar surface area (TPSA) is 65.5 Å². The molecule has 4 aromatic heterocycles. The molecule has 0 radical (unpaired) electrons. The van der Waals surface area contributed by atoms with E-state index in [1.165, 1.54) is 54.2 Å². The summed E-state index contributed by atoms with van der Waals surface area (Å²) in [5.41, 5.74) is 24.1. The van der Waals surface area contributed by atoms with Gasteiger partial charge in [-0.25, -0.2) is 0 Å². The fourth-order valence-corrected chi connectivity index (χ4v) is 19.4. The molecule has 0 spiro atoms. The molecule has 122 heavy (non-hydrogen) atoms. The maximum atomic E-state index is 6.86. The first-order valence-electron chi connectivity index (χ1n) is 42.2. The molecule has 0 saturated carbocycles. The number of benzene rings is 20. The van der Waals surface area contributed by atoms with Gasteiger partial charge >= 0.3 is 0 Å². The number of hydrogen-bond donors (Lipinski definition) is 0. The average molecular weight is 1570 g/mol. The molecule has 584 valence electrons. The van der Waals surface area contributed by atoms with Crippen LogP contribution >= 0.6 is 0 Å². The Bertz CT molecular complexity index is 7840. The highest BCUT2D eigenvalue weighted by Crippen LogP contribution is 2.57. The van der Waals surface area contributed by atoms with Crippen LogP contribution < -0.4 is 19.6 Å². The van der Waals surface area contributed by atoms with Gasteiger partial charge in [-0.2, -0.15) is 0 Å². The number of furan rings is 4. The molecule has 20 aromatic carbocycles. The Balaban J connectivity index is 0.000000142. The lowest BCUT2D eigenvalue weighted by Crippen LogP contribution is -2.16. The van der Waals surface area contributed by atoms with Crippen LogP contribution in [0.2, 0.25) is 0 Å². The first-order chi connectivity index (χ1) is 59.6. The summed E-state index contributed by atoms with van der Waals surface area (Å²) in [5.74, 6) is 0. The van der Waals surface area contributed by atoms with Crippen molar-refractivity contribution >= 4 is 221 Å². The molecule has 24 aromatic rings. The third kappa shape index (κ3) is 11.4. The number of rotatable bonds is 12. The van der Waals surface area contributed by atoms with Gasteiger partial charge in [-0.05, 0) is 176 Å². The molecular formula is C114H84N4O4. The van der Waals surface area contributed by atoms with Gasteiger partial charge in [0.1, 0.15) is 22.3 Å². The summed E-state index contributed by atoms with van der Waals surface area (Å²) in [6.07, 6.45) is 0. The van der Waals surface area contributed by atoms with Gasteiger partial charge in [0.2, 0.25) is 0 Å². The lowest BCUT2D eigenvalue weighted by atomic mass is 9.83. The van der Waals surface area contributed by atoms with E-state index >= 15 is 0 Å². The van der Waals surface area contributed by atoms with Crippen LogP contribution in [0.1, 0.15) is 63.8 Å². The molecule has 8 heteroatoms. The lowest BCUT2D eigenvalue weighted by Gasteiger charge is -2.33. The minimum absolute atomic E-state index is 0.00841. The average Bonchev–Trinajstić information content (AvgIpc) is 0.915. The van der Waals surface area contributed by atoms with E-state index in [1.54, 1.807) is 0 Å². The molecule has 24 rings (SSSR count). The van der Waals surface area contributed by atoms with Gasteiger partial charge in [-0.3, -0.25) is 0 Å². The van der Waals surface area contributed by atoms with Crippen LogP contribution in [0, 0.1) is 13.8 Å². The number of hydrogen-bond acceptors (Lipinski definition) is 8. The zero-order valence-electron chi connectivity index (χ0n) is 69.1. The van der Waals surface area contributed by atoms with Gasteiger partial charge in [0, 0.05) is 98.2 Å². The number of fused-ring (bicyclic) bond motifs is 12. The predicted octanol–water partition coefficient (Wildman–Crippen LogP) is 33.9. The highest BCUT2D eigenvalue weighted by Gasteiger charge is 2.33. The van der Waals surface area contributed by atoms with E-state index in [1.807, 2.05) is 24.3 Å². The number of anilines is 12. The van der Waals surface area contributed by atoms with Gasteiger partial charge < -0.3 is 37.3 Å². The Morgan fingerprint density at radius 1 is 0.189 bits per heavy atom. The van der Waals surface area contributed by atoms with Crippen molar-refractivity contribution in [1.82, 2.24) is 0 Å². The van der Waals surface area contributed by atoms with Crippen LogP contribution in [0.5, 0.6) is 0 Å². The number of aryl methyl sites for hydroxylation is 2. The molecule has 4 heterocycles. The molecule has 0 fully saturated rings. The number of para-hydroxylation sites is 12. The van der Waals surface area contributed by atoms with Crippen molar-refractivity contribution in [2.24, 2.45) is 0 Å². The van der Waals surface area contributed by atoms with Crippen LogP contribution in [0.4, 0.5) is 68.2 Å². The maximum Gasteiger partial charge on any atom is 0.159 e. The van der Waals surface area contributed by atoms with Crippen molar-refractivity contribution in [3.8, 4) is 0 Å². The van der Waals surface area contributed by atoms with Crippen molar-refractivity contribution in [1.29, 1.82) is 0 Å². The van der Waals surface area contributed by atoms with Crippen molar-refractivity contribution in [2.45, 2.75) is 66.2 Å². The lowest BCUT2D eigenvalue weighted by molar-refractivity contribution is 0.591. The minimum atomic E-state index is -0.0133. The molecule has 0 unspecified atom stereocenters. The van der Waals surface area contributed by atoms with E-state index in [9.17, 15) is 0 Å². The normalized spacial score (nSPS) is 12.3. The van der Waals surface area contributed by atoms with Gasteiger partial charge in [0.05, 0.1) is 45.5 Å². The second kappa shape index (κ2) is 27.7. The molecule has 0 atom stereocenters. The van der Waals surface area contributed by atoms with Crippen LogP contribution in [0.3, 0.4) is 0 Å². The van der Waals surface area contributed by atoms with Gasteiger partial charge in [-0.1, -0.05) is 308 Å². The quantitative estimate of drug-likeness (QED) is 0.112. The SMILES string of the molecule is CC(C)(C)c1cc2ccc3c(N(c4ccccc4)c4cccc5c4oc4ccccc45)cc(N(c4ccccc4)c4cccc5c4oc4ccccc45)c4ccc(c1)c2c34.Cc1ccccc1N(c1cc(N(c2ccccc2C)c2cccc3c2oc2ccccc23)c2ccc3cc(C(C)(C)C)cc4ccc1c2c43)c1cccc2c1oc1ccccc12. The molecule has 0 aliphatic carbocycles. The summed E-state index contributed by atoms with van der Waals surface area (Å²) in [6, 6.07) is 131. The van der Waals surface area contributed by atoms with Gasteiger partial charge in [0.15, 0.2) is 22.3 Å². The summed E-state index contributed by atoms with van der Waals surface area (Å²) in [4.78, 5) is 9.67. The predicted molar refractivity (Wildman–Crippen MR) is 515 cm³/mol. The highest BCUT2D eigenvalue weighted by atomic mass is 16.3. The van der Waals surface area contributed by atoms with Crippen LogP contribution in [0.15, 0.2) is 382 Å². The Morgan fingerprint density at radius 2 is 0.434 bits per heavy atom. The third-order valence-electron chi connectivity index (χ3n) is 25.3. The summed E-state index contributed by atoms with van der Waals surface area (Å²) >= 11 is 0. The third-order valence-corrected chi connectivity index (χ3v) is 25.3. The summed E-state index contributed by atoms with van der Waals surface area (Å²) in [7, 11) is 0. The first-order valence-corrected chi connectivity index (χ1v) is 42.2. The Kier molecular flexibility index (Phi) is 16.4. The van der Waals surface area contributed by atoms with Crippen molar-refractivity contribution in [2.75, 3.05) is 19.6 Å². The van der Waals surface area contributed by atoms with Crippen molar-refractivity contribution in [3.05, 3.63) is 386 Å². The van der Waals surface area contributed by atoms with E-state index in [0.29, 0.717) is 0 Å². The highest BCUT2D eigenvalue weighted by molar-refractivity contribution is 6.32. The van der Waals surface area contributed by atoms with E-state index in [0.717, 1.165) is 189 Å². The summed E-state index contributed by atoms with van der Waals surface area (Å²) in [5, 5.41) is 23.2. The van der Waals surface area contributed by atoms with Crippen molar-refractivity contribution < 1.29 is 17.7 Å². The first kappa shape index (κ1) is 72.1. The van der Waals surface area contributed by atoms with Crippen LogP contribution in [0.25, 0.3) is 152 Å². The van der Waals surface area contributed by atoms with E-state index < -0.39 is 0 Å². The van der Waals surface area contributed by atoms with E-state index in [2.05, 4.69) is 415 Å². The second-order valence-electron chi connectivity index (χ2n) is 34.7. The molecular weight excluding hydrogens is 1490 g/mol. The van der Waals surface area contributed by atoms with Crippen LogP contribution in [-0.2, 0) is 10.8 Å². The largest absolute Gasteiger partial charge is 0.454 e. The molecule has 8 nitrogen and oxygen atoms in total. The molecule has 0 amide bonds. The number of nitrogens with zero attached hydrogens (tertiary/aromatic N) is 4. The standard InChI is InChI=1S/C58H44N2O2.C56H40N2O2/c1-35-16-6-10-22-46(35)59(48-24-14-20-42-40-18-8-12-26-52(40)61-56(42)48)50-34-51(45-31-29-38-33-39(58(3,4)5)32-37-28-30-44(50)55(45)54(37)38)60(47-23-11-7-17-36(47)2)49-25-15-21-43-41-19-9-13-27-53(41)62-57(43)49;1-56(2,3)37-32-35-28-30-44-48(57(38-16-6-4-7-17-38)46-24-14-22-42-40-20-10-12-26-50(40)59-54(42)46)34-49(45-31-29-36(33-37)52(35)53(44)45)58(39-18-8-5-9-19-39)47-25-15-23-43-41-21-11-13-27-51(41)60-55(43)47/h6-34H,1-5H3;4-34H,1-3H3. The minimum Gasteiger partial charge on any atom is -0.454 e. The smallest absolute Gasteiger partial charge is 0.159 e. The van der Waals surface area contributed by atoms with Gasteiger partial charge in [-0.15, -0.1) is 0 Å². The van der Waals surface area contributed by atoms with E-state index in [4.69, 9.17) is 17.7 Å². The van der Waals surface area contributed by atoms with E-state index in [-0.39, 0.29) is 10.8 Å². The Labute approximate surface area is 705 Å². The second-order valence-corrected chi connectivity index (χ2v) is 34.7. The van der Waals surface area contributed by atoms with Gasteiger partial charge in [0.25, 0.3) is 0 Å². The maximum absolute atomic E-state index is 6.86. The van der Waals surface area contributed by atoms with Crippen LogP contribution in [-0.4, -0.2) is 0 Å². The Hall–Kier alpha value is -15.1. The molecule has 0 N–H and O–H groups in total. The summed E-state index contributed by atoms with van der Waals surface area (Å²) in [6.45, 7) is 18.2. The molecule has 0 saturated heterocycles.